The van der Waals surface area contributed by atoms with Gasteiger partial charge in [0.15, 0.2) is 0 Å². The van der Waals surface area contributed by atoms with Gasteiger partial charge in [-0.3, -0.25) is 4.79 Å². The van der Waals surface area contributed by atoms with E-state index in [1.807, 2.05) is 18.0 Å². The number of amides is 1. The molecule has 4 aromatic carbocycles. The summed E-state index contributed by atoms with van der Waals surface area (Å²) in [5.74, 6) is -0.0357. The predicted molar refractivity (Wildman–Crippen MR) is 158 cm³/mol. The number of likely N-dealkylation sites (N-methyl/N-ethyl adjacent to an activating group) is 1. The quantitative estimate of drug-likeness (QED) is 0.258. The molecule has 2 aromatic heterocycles. The van der Waals surface area contributed by atoms with Crippen LogP contribution in [0.4, 0.5) is 5.69 Å². The Bertz CT molecular complexity index is 1910. The maximum Gasteiger partial charge on any atom is 0.242 e. The highest BCUT2D eigenvalue weighted by atomic mass is 16.2. The zero-order valence-corrected chi connectivity index (χ0v) is 22.0. The monoisotopic (exact) mass is 507 g/mol. The van der Waals surface area contributed by atoms with Gasteiger partial charge in [0.2, 0.25) is 5.91 Å². The maximum absolute atomic E-state index is 14.9. The van der Waals surface area contributed by atoms with Crippen molar-refractivity contribution in [2.75, 3.05) is 11.9 Å². The van der Waals surface area contributed by atoms with Gasteiger partial charge in [0.05, 0.1) is 0 Å². The summed E-state index contributed by atoms with van der Waals surface area (Å²) < 4.78 is 0. The van der Waals surface area contributed by atoms with Crippen LogP contribution in [0.15, 0.2) is 103 Å². The SMILES string of the molecule is CCc1c[nH]c2c([C@@H]3c4[nH]c5ccccc5c4[C@]4(C(=O)N(C)c5ccccc54)[C@H]3c3ccccc3)cccc12. The van der Waals surface area contributed by atoms with E-state index in [1.165, 1.54) is 22.1 Å². The Morgan fingerprint density at radius 2 is 1.59 bits per heavy atom. The van der Waals surface area contributed by atoms with E-state index in [9.17, 15) is 4.79 Å². The number of benzene rings is 4. The molecule has 190 valence electrons. The molecular formula is C35H29N3O. The van der Waals surface area contributed by atoms with E-state index >= 15 is 0 Å². The average Bonchev–Trinajstić information content (AvgIpc) is 3.70. The van der Waals surface area contributed by atoms with Crippen molar-refractivity contribution in [3.05, 3.63) is 137 Å². The van der Waals surface area contributed by atoms with Crippen molar-refractivity contribution in [1.82, 2.24) is 9.97 Å². The van der Waals surface area contributed by atoms with Gasteiger partial charge in [0, 0.05) is 63.8 Å². The van der Waals surface area contributed by atoms with Crippen molar-refractivity contribution < 1.29 is 4.79 Å². The van der Waals surface area contributed by atoms with Crippen LogP contribution in [0.1, 0.15) is 52.3 Å². The number of hydrogen-bond donors (Lipinski definition) is 2. The number of carbonyl (C=O) groups excluding carboxylic acids is 1. The normalized spacial score (nSPS) is 21.8. The fraction of sp³-hybridized carbons (Fsp3) is 0.171. The van der Waals surface area contributed by atoms with Gasteiger partial charge < -0.3 is 14.9 Å². The first-order valence-electron chi connectivity index (χ1n) is 13.8. The Hall–Kier alpha value is -4.57. The third-order valence-corrected chi connectivity index (χ3v) is 9.28. The van der Waals surface area contributed by atoms with Crippen LogP contribution in [-0.2, 0) is 16.6 Å². The molecule has 0 fully saturated rings. The van der Waals surface area contributed by atoms with Crippen molar-refractivity contribution in [3.63, 3.8) is 0 Å². The Morgan fingerprint density at radius 1 is 0.846 bits per heavy atom. The van der Waals surface area contributed by atoms with Crippen molar-refractivity contribution in [2.24, 2.45) is 0 Å². The highest BCUT2D eigenvalue weighted by molar-refractivity contribution is 6.14. The molecule has 1 amide bonds. The second kappa shape index (κ2) is 7.97. The molecule has 1 aliphatic carbocycles. The van der Waals surface area contributed by atoms with Crippen LogP contribution in [0.3, 0.4) is 0 Å². The van der Waals surface area contributed by atoms with Crippen molar-refractivity contribution in [2.45, 2.75) is 30.6 Å². The Balaban J connectivity index is 1.55. The molecule has 8 rings (SSSR count). The molecule has 39 heavy (non-hydrogen) atoms. The molecular weight excluding hydrogens is 478 g/mol. The molecule has 2 N–H and O–H groups in total. The minimum absolute atomic E-state index is 0.0506. The second-order valence-electron chi connectivity index (χ2n) is 11.0. The molecule has 4 heteroatoms. The van der Waals surface area contributed by atoms with Crippen molar-refractivity contribution >= 4 is 33.4 Å². The van der Waals surface area contributed by atoms with Crippen LogP contribution in [0.25, 0.3) is 21.8 Å². The number of nitrogens with one attached hydrogen (secondary N) is 2. The number of fused-ring (bicyclic) bond motifs is 7. The molecule has 3 heterocycles. The lowest BCUT2D eigenvalue weighted by molar-refractivity contribution is -0.122. The van der Waals surface area contributed by atoms with E-state index in [1.54, 1.807) is 0 Å². The minimum atomic E-state index is -0.853. The fourth-order valence-electron chi connectivity index (χ4n) is 7.75. The summed E-state index contributed by atoms with van der Waals surface area (Å²) in [6.07, 6.45) is 3.11. The number of carbonyl (C=O) groups is 1. The van der Waals surface area contributed by atoms with Gasteiger partial charge in [-0.1, -0.05) is 91.9 Å². The lowest BCUT2D eigenvalue weighted by atomic mass is 9.64. The lowest BCUT2D eigenvalue weighted by Gasteiger charge is -2.35. The molecule has 2 aliphatic rings. The number of aryl methyl sites for hydroxylation is 1. The van der Waals surface area contributed by atoms with E-state index in [0.717, 1.165) is 45.3 Å². The molecule has 1 spiro atoms. The third kappa shape index (κ3) is 2.71. The molecule has 0 radical (unpaired) electrons. The van der Waals surface area contributed by atoms with E-state index in [0.29, 0.717) is 0 Å². The summed E-state index contributed by atoms with van der Waals surface area (Å²) in [7, 11) is 1.93. The van der Waals surface area contributed by atoms with Gasteiger partial charge in [-0.25, -0.2) is 0 Å². The summed E-state index contributed by atoms with van der Waals surface area (Å²) in [5.41, 5.74) is 9.45. The highest BCUT2D eigenvalue weighted by Crippen LogP contribution is 2.66. The van der Waals surface area contributed by atoms with Crippen molar-refractivity contribution in [1.29, 1.82) is 0 Å². The van der Waals surface area contributed by atoms with Crippen LogP contribution in [0, 0.1) is 0 Å². The van der Waals surface area contributed by atoms with Gasteiger partial charge in [-0.15, -0.1) is 0 Å². The number of anilines is 1. The molecule has 3 atom stereocenters. The maximum atomic E-state index is 14.9. The molecule has 0 bridgehead atoms. The van der Waals surface area contributed by atoms with E-state index in [4.69, 9.17) is 0 Å². The van der Waals surface area contributed by atoms with Gasteiger partial charge in [-0.05, 0) is 40.8 Å². The second-order valence-corrected chi connectivity index (χ2v) is 11.0. The predicted octanol–water partition coefficient (Wildman–Crippen LogP) is 7.40. The van der Waals surface area contributed by atoms with Crippen LogP contribution in [0.2, 0.25) is 0 Å². The molecule has 0 saturated heterocycles. The first-order valence-corrected chi connectivity index (χ1v) is 13.8. The number of H-pyrrole nitrogens is 2. The van der Waals surface area contributed by atoms with E-state index < -0.39 is 5.41 Å². The topological polar surface area (TPSA) is 51.9 Å². The Labute approximate surface area is 227 Å². The fourth-order valence-corrected chi connectivity index (χ4v) is 7.75. The zero-order valence-electron chi connectivity index (χ0n) is 22.0. The van der Waals surface area contributed by atoms with Gasteiger partial charge >= 0.3 is 0 Å². The van der Waals surface area contributed by atoms with Crippen LogP contribution in [0.5, 0.6) is 0 Å². The zero-order chi connectivity index (χ0) is 26.3. The van der Waals surface area contributed by atoms with Crippen molar-refractivity contribution in [3.8, 4) is 0 Å². The van der Waals surface area contributed by atoms with Gasteiger partial charge in [-0.2, -0.15) is 0 Å². The van der Waals surface area contributed by atoms with Gasteiger partial charge in [0.25, 0.3) is 0 Å². The van der Waals surface area contributed by atoms with E-state index in [-0.39, 0.29) is 17.7 Å². The van der Waals surface area contributed by atoms with Crippen LogP contribution < -0.4 is 4.90 Å². The Morgan fingerprint density at radius 3 is 2.44 bits per heavy atom. The molecule has 4 nitrogen and oxygen atoms in total. The minimum Gasteiger partial charge on any atom is -0.361 e. The number of aromatic nitrogens is 2. The number of aromatic amines is 2. The third-order valence-electron chi connectivity index (χ3n) is 9.28. The average molecular weight is 508 g/mol. The molecule has 0 saturated carbocycles. The first-order chi connectivity index (χ1) is 19.2. The highest BCUT2D eigenvalue weighted by Gasteiger charge is 2.64. The summed E-state index contributed by atoms with van der Waals surface area (Å²) >= 11 is 0. The summed E-state index contributed by atoms with van der Waals surface area (Å²) in [5, 5.41) is 2.39. The number of nitrogens with zero attached hydrogens (tertiary/aromatic N) is 1. The summed E-state index contributed by atoms with van der Waals surface area (Å²) in [6.45, 7) is 2.20. The van der Waals surface area contributed by atoms with E-state index in [2.05, 4.69) is 114 Å². The standard InChI is InChI=1S/C35H29N3O/c1-3-21-20-36-32-23(21)15-11-16-25(32)29-30(22-12-5-4-6-13-22)35(26-17-8-10-19-28(26)38(2)34(35)39)31-24-14-7-9-18-27(24)37-33(29)31/h4-20,29-30,36-37H,3H2,1-2H3/t29-,30-,35+/m0/s1. The first kappa shape index (κ1) is 22.4. The van der Waals surface area contributed by atoms with Gasteiger partial charge in [0.1, 0.15) is 5.41 Å². The lowest BCUT2D eigenvalue weighted by Crippen LogP contribution is -2.43. The molecule has 6 aromatic rings. The number of rotatable bonds is 3. The molecule has 1 aliphatic heterocycles. The summed E-state index contributed by atoms with van der Waals surface area (Å²) in [4.78, 5) is 24.2. The van der Waals surface area contributed by atoms with Crippen LogP contribution in [-0.4, -0.2) is 22.9 Å². The molecule has 0 unspecified atom stereocenters. The smallest absolute Gasteiger partial charge is 0.242 e. The Kier molecular flexibility index (Phi) is 4.58. The number of para-hydroxylation sites is 3. The largest absolute Gasteiger partial charge is 0.361 e. The number of hydrogen-bond acceptors (Lipinski definition) is 1. The van der Waals surface area contributed by atoms with Crippen LogP contribution >= 0.6 is 0 Å². The summed E-state index contributed by atoms with van der Waals surface area (Å²) in [6, 6.07) is 34.2.